The van der Waals surface area contributed by atoms with E-state index in [0.29, 0.717) is 0 Å². The van der Waals surface area contributed by atoms with Crippen LogP contribution in [0.25, 0.3) is 0 Å². The van der Waals surface area contributed by atoms with Crippen LogP contribution in [0.1, 0.15) is 21.6 Å². The van der Waals surface area contributed by atoms with E-state index >= 15 is 0 Å². The highest BCUT2D eigenvalue weighted by Crippen LogP contribution is 2.35. The van der Waals surface area contributed by atoms with Crippen molar-refractivity contribution in [3.8, 4) is 0 Å². The lowest BCUT2D eigenvalue weighted by Gasteiger charge is -2.23. The van der Waals surface area contributed by atoms with E-state index in [2.05, 4.69) is 22.6 Å². The second-order valence-corrected chi connectivity index (χ2v) is 6.32. The SMILES string of the molecule is Cn1cc(C(=O)N(C(N)=S)C(=S)Nc2ccccc2C(F)(F)F)c(C(F)(F)F)n1. The first-order valence-corrected chi connectivity index (χ1v) is 8.27. The van der Waals surface area contributed by atoms with Crippen LogP contribution in [-0.2, 0) is 19.4 Å². The van der Waals surface area contributed by atoms with Gasteiger partial charge >= 0.3 is 12.4 Å². The molecular weight excluding hydrogens is 444 g/mol. The van der Waals surface area contributed by atoms with Gasteiger partial charge in [-0.15, -0.1) is 0 Å². The summed E-state index contributed by atoms with van der Waals surface area (Å²) in [5, 5.41) is 3.83. The van der Waals surface area contributed by atoms with Gasteiger partial charge in [0.25, 0.3) is 5.91 Å². The molecule has 1 heterocycles. The summed E-state index contributed by atoms with van der Waals surface area (Å²) in [6.45, 7) is 0. The summed E-state index contributed by atoms with van der Waals surface area (Å²) in [6, 6.07) is 4.15. The number of aromatic nitrogens is 2. The van der Waals surface area contributed by atoms with Gasteiger partial charge in [0.1, 0.15) is 0 Å². The second-order valence-electron chi connectivity index (χ2n) is 5.52. The number of carbonyl (C=O) groups excluding carboxylic acids is 1. The number of alkyl halides is 6. The number of halogens is 6. The molecule has 0 aliphatic carbocycles. The number of para-hydroxylation sites is 1. The highest BCUT2D eigenvalue weighted by Gasteiger charge is 2.41. The lowest BCUT2D eigenvalue weighted by atomic mass is 10.1. The number of thiocarbonyl (C=S) groups is 2. The van der Waals surface area contributed by atoms with Crippen LogP contribution in [0.2, 0.25) is 0 Å². The van der Waals surface area contributed by atoms with Gasteiger partial charge in [0, 0.05) is 13.2 Å². The predicted octanol–water partition coefficient (Wildman–Crippen LogP) is 3.54. The third kappa shape index (κ3) is 5.00. The van der Waals surface area contributed by atoms with Gasteiger partial charge in [0.15, 0.2) is 15.9 Å². The maximum absolute atomic E-state index is 13.1. The van der Waals surface area contributed by atoms with E-state index < -0.39 is 51.0 Å². The molecule has 29 heavy (non-hydrogen) atoms. The van der Waals surface area contributed by atoms with Gasteiger partial charge in [-0.3, -0.25) is 9.48 Å². The van der Waals surface area contributed by atoms with E-state index in [9.17, 15) is 31.1 Å². The predicted molar refractivity (Wildman–Crippen MR) is 98.8 cm³/mol. The summed E-state index contributed by atoms with van der Waals surface area (Å²) in [4.78, 5) is 12.9. The zero-order chi connectivity index (χ0) is 22.1. The number of nitrogens with zero attached hydrogens (tertiary/aromatic N) is 3. The van der Waals surface area contributed by atoms with Gasteiger partial charge < -0.3 is 11.1 Å². The summed E-state index contributed by atoms with van der Waals surface area (Å²) in [6.07, 6.45) is -8.97. The average Bonchev–Trinajstić information content (AvgIpc) is 2.96. The fourth-order valence-corrected chi connectivity index (χ4v) is 2.80. The number of hydrogen-bond donors (Lipinski definition) is 2. The number of benzene rings is 1. The van der Waals surface area contributed by atoms with Crippen molar-refractivity contribution in [2.24, 2.45) is 12.8 Å². The molecular formula is C15H11F6N5OS2. The smallest absolute Gasteiger partial charge is 0.375 e. The summed E-state index contributed by atoms with van der Waals surface area (Å²) < 4.78 is 79.5. The van der Waals surface area contributed by atoms with E-state index in [1.807, 2.05) is 0 Å². The molecule has 0 bridgehead atoms. The van der Waals surface area contributed by atoms with Crippen LogP contribution >= 0.6 is 24.4 Å². The van der Waals surface area contributed by atoms with Crippen LogP contribution in [0, 0.1) is 0 Å². The Labute approximate surface area is 170 Å². The highest BCUT2D eigenvalue weighted by molar-refractivity contribution is 7.82. The molecule has 0 radical (unpaired) electrons. The first-order chi connectivity index (χ1) is 13.2. The van der Waals surface area contributed by atoms with Crippen molar-refractivity contribution in [3.63, 3.8) is 0 Å². The molecule has 0 spiro atoms. The van der Waals surface area contributed by atoms with Crippen molar-refractivity contribution in [2.75, 3.05) is 5.32 Å². The lowest BCUT2D eigenvalue weighted by molar-refractivity contribution is -0.141. The van der Waals surface area contributed by atoms with Gasteiger partial charge in [-0.25, -0.2) is 4.90 Å². The van der Waals surface area contributed by atoms with E-state index in [-0.39, 0.29) is 4.90 Å². The van der Waals surface area contributed by atoms with E-state index in [1.165, 1.54) is 6.07 Å². The summed E-state index contributed by atoms with van der Waals surface area (Å²) >= 11 is 9.55. The Bertz CT molecular complexity index is 969. The van der Waals surface area contributed by atoms with E-state index in [1.54, 1.807) is 0 Å². The molecule has 3 N–H and O–H groups in total. The number of nitrogens with two attached hydrogens (primary N) is 1. The fraction of sp³-hybridized carbons (Fsp3) is 0.200. The van der Waals surface area contributed by atoms with Crippen molar-refractivity contribution in [2.45, 2.75) is 12.4 Å². The molecule has 1 amide bonds. The standard InChI is InChI=1S/C15H11F6N5OS2/c1-25-6-7(10(24-25)15(19,20)21)11(27)26(12(22)28)13(29)23-9-5-3-2-4-8(9)14(16,17)18/h2-6H,1H3,(H2,22,28)(H,23,29). The normalized spacial score (nSPS) is 11.8. The van der Waals surface area contributed by atoms with Crippen molar-refractivity contribution in [1.29, 1.82) is 0 Å². The number of rotatable bonds is 2. The molecule has 0 saturated heterocycles. The van der Waals surface area contributed by atoms with Crippen molar-refractivity contribution < 1.29 is 31.1 Å². The Kier molecular flexibility index (Phi) is 6.18. The second kappa shape index (κ2) is 7.94. The van der Waals surface area contributed by atoms with Crippen LogP contribution in [-0.4, -0.2) is 30.8 Å². The zero-order valence-corrected chi connectivity index (χ0v) is 15.9. The van der Waals surface area contributed by atoms with Gasteiger partial charge in [-0.05, 0) is 36.6 Å². The fourth-order valence-electron chi connectivity index (χ4n) is 2.28. The molecule has 0 aliphatic heterocycles. The molecule has 0 atom stereocenters. The van der Waals surface area contributed by atoms with Crippen molar-refractivity contribution >= 4 is 46.3 Å². The topological polar surface area (TPSA) is 76.2 Å². The Morgan fingerprint density at radius 1 is 1.14 bits per heavy atom. The number of aryl methyl sites for hydroxylation is 1. The minimum absolute atomic E-state index is 0.282. The zero-order valence-electron chi connectivity index (χ0n) is 14.3. The Hall–Kier alpha value is -2.74. The molecule has 0 fully saturated rings. The number of anilines is 1. The molecule has 0 saturated carbocycles. The van der Waals surface area contributed by atoms with Gasteiger partial charge in [-0.2, -0.15) is 31.4 Å². The molecule has 0 unspecified atom stereocenters. The number of carbonyl (C=O) groups is 1. The number of amides is 1. The monoisotopic (exact) mass is 455 g/mol. The third-order valence-electron chi connectivity index (χ3n) is 3.43. The molecule has 1 aromatic carbocycles. The molecule has 156 valence electrons. The van der Waals surface area contributed by atoms with Crippen LogP contribution in [0.15, 0.2) is 30.5 Å². The van der Waals surface area contributed by atoms with Crippen molar-refractivity contribution in [1.82, 2.24) is 14.7 Å². The minimum atomic E-state index is -4.98. The first-order valence-electron chi connectivity index (χ1n) is 7.45. The van der Waals surface area contributed by atoms with E-state index in [4.69, 9.17) is 18.0 Å². The van der Waals surface area contributed by atoms with Crippen LogP contribution in [0.4, 0.5) is 32.0 Å². The molecule has 2 rings (SSSR count). The molecule has 14 heteroatoms. The molecule has 6 nitrogen and oxygen atoms in total. The summed E-state index contributed by atoms with van der Waals surface area (Å²) in [5.41, 5.74) is 1.29. The number of nitrogens with one attached hydrogen (secondary N) is 1. The quantitative estimate of drug-likeness (QED) is 0.533. The molecule has 1 aromatic heterocycles. The third-order valence-corrected chi connectivity index (χ3v) is 3.90. The molecule has 2 aromatic rings. The summed E-state index contributed by atoms with van der Waals surface area (Å²) in [7, 11) is 1.15. The summed E-state index contributed by atoms with van der Waals surface area (Å²) in [5.74, 6) is -1.40. The molecule has 0 aliphatic rings. The van der Waals surface area contributed by atoms with Crippen molar-refractivity contribution in [3.05, 3.63) is 47.3 Å². The maximum Gasteiger partial charge on any atom is 0.435 e. The minimum Gasteiger partial charge on any atom is -0.375 e. The van der Waals surface area contributed by atoms with E-state index in [0.717, 1.165) is 36.1 Å². The Morgan fingerprint density at radius 2 is 1.72 bits per heavy atom. The maximum atomic E-state index is 13.1. The lowest BCUT2D eigenvalue weighted by Crippen LogP contribution is -2.47. The first kappa shape index (κ1) is 22.5. The van der Waals surface area contributed by atoms with Gasteiger partial charge in [-0.1, -0.05) is 12.1 Å². The van der Waals surface area contributed by atoms with Crippen LogP contribution in [0.5, 0.6) is 0 Å². The van der Waals surface area contributed by atoms with Gasteiger partial charge in [0.2, 0.25) is 0 Å². The Balaban J connectivity index is 2.43. The average molecular weight is 455 g/mol. The van der Waals surface area contributed by atoms with Crippen LogP contribution in [0.3, 0.4) is 0 Å². The highest BCUT2D eigenvalue weighted by atomic mass is 32.1. The van der Waals surface area contributed by atoms with Crippen LogP contribution < -0.4 is 11.1 Å². The largest absolute Gasteiger partial charge is 0.435 e. The van der Waals surface area contributed by atoms with Gasteiger partial charge in [0.05, 0.1) is 16.8 Å². The number of hydrogen-bond acceptors (Lipinski definition) is 4. The Morgan fingerprint density at radius 3 is 2.24 bits per heavy atom.